The molecule has 1 aromatic carbocycles. The first-order chi connectivity index (χ1) is 10.0. The summed E-state index contributed by atoms with van der Waals surface area (Å²) >= 11 is 0. The second-order valence-corrected chi connectivity index (χ2v) is 4.97. The lowest BCUT2D eigenvalue weighted by Crippen LogP contribution is -2.14. The number of amides is 1. The first-order valence-corrected chi connectivity index (χ1v) is 6.90. The van der Waals surface area contributed by atoms with Gasteiger partial charge in [-0.05, 0) is 37.1 Å². The van der Waals surface area contributed by atoms with E-state index in [1.807, 2.05) is 20.8 Å². The topological polar surface area (TPSA) is 93.0 Å². The Kier molecular flexibility index (Phi) is 4.47. The Bertz CT molecular complexity index is 617. The number of anilines is 2. The summed E-state index contributed by atoms with van der Waals surface area (Å²) in [6.45, 7) is 6.49. The summed E-state index contributed by atoms with van der Waals surface area (Å²) in [5.41, 5.74) is 7.99. The summed E-state index contributed by atoms with van der Waals surface area (Å²) in [5.74, 6) is 0.612. The van der Waals surface area contributed by atoms with Gasteiger partial charge in [-0.2, -0.15) is 5.10 Å². The van der Waals surface area contributed by atoms with Gasteiger partial charge >= 0.3 is 0 Å². The van der Waals surface area contributed by atoms with E-state index in [1.165, 1.54) is 0 Å². The third-order valence-electron chi connectivity index (χ3n) is 3.05. The molecule has 6 heteroatoms. The Hall–Kier alpha value is -2.50. The molecule has 0 spiro atoms. The number of hydrogen-bond acceptors (Lipinski definition) is 4. The van der Waals surface area contributed by atoms with Crippen LogP contribution in [-0.2, 0) is 0 Å². The van der Waals surface area contributed by atoms with Crippen molar-refractivity contribution in [2.75, 3.05) is 17.7 Å². The molecular weight excluding hydrogens is 268 g/mol. The fourth-order valence-corrected chi connectivity index (χ4v) is 1.97. The second kappa shape index (κ2) is 6.30. The number of nitrogens with one attached hydrogen (secondary N) is 2. The molecule has 2 aromatic rings. The van der Waals surface area contributed by atoms with Crippen LogP contribution in [-0.4, -0.2) is 22.7 Å². The van der Waals surface area contributed by atoms with Crippen molar-refractivity contribution in [1.82, 2.24) is 10.2 Å². The Morgan fingerprint density at radius 1 is 1.38 bits per heavy atom. The monoisotopic (exact) mass is 288 g/mol. The summed E-state index contributed by atoms with van der Waals surface area (Å²) in [6.07, 6.45) is 0. The average molecular weight is 288 g/mol. The predicted octanol–water partition coefficient (Wildman–Crippen LogP) is 2.77. The molecule has 1 amide bonds. The normalized spacial score (nSPS) is 10.7. The highest BCUT2D eigenvalue weighted by atomic mass is 16.5. The average Bonchev–Trinajstić information content (AvgIpc) is 2.83. The van der Waals surface area contributed by atoms with Gasteiger partial charge in [-0.3, -0.25) is 9.89 Å². The molecule has 0 saturated heterocycles. The fraction of sp³-hybridized carbons (Fsp3) is 0.333. The van der Waals surface area contributed by atoms with Crippen molar-refractivity contribution < 1.29 is 9.53 Å². The molecule has 0 bridgehead atoms. The van der Waals surface area contributed by atoms with Crippen LogP contribution in [0.1, 0.15) is 42.9 Å². The van der Waals surface area contributed by atoms with Gasteiger partial charge in [0.2, 0.25) is 0 Å². The molecule has 0 unspecified atom stereocenters. The number of benzene rings is 1. The van der Waals surface area contributed by atoms with E-state index in [0.29, 0.717) is 18.0 Å². The lowest BCUT2D eigenvalue weighted by molar-refractivity contribution is 0.102. The summed E-state index contributed by atoms with van der Waals surface area (Å²) in [4.78, 5) is 12.2. The number of hydrogen-bond donors (Lipinski definition) is 3. The van der Waals surface area contributed by atoms with Crippen LogP contribution in [0.4, 0.5) is 11.4 Å². The number of ether oxygens (including phenoxy) is 1. The molecule has 112 valence electrons. The van der Waals surface area contributed by atoms with Crippen molar-refractivity contribution in [3.8, 4) is 5.75 Å². The van der Waals surface area contributed by atoms with E-state index in [-0.39, 0.29) is 17.5 Å². The van der Waals surface area contributed by atoms with Crippen LogP contribution in [0.3, 0.4) is 0 Å². The quantitative estimate of drug-likeness (QED) is 0.788. The Labute approximate surface area is 123 Å². The second-order valence-electron chi connectivity index (χ2n) is 4.97. The van der Waals surface area contributed by atoms with Crippen molar-refractivity contribution in [2.45, 2.75) is 26.7 Å². The molecule has 0 aliphatic carbocycles. The lowest BCUT2D eigenvalue weighted by Gasteiger charge is -2.07. The fourth-order valence-electron chi connectivity index (χ4n) is 1.97. The smallest absolute Gasteiger partial charge is 0.278 e. The standard InChI is InChI=1S/C15H20N4O2/c1-4-21-11-7-5-10(6-8-11)17-15(20)14-12(16)13(9(2)3)18-19-14/h5-9H,4,16H2,1-3H3,(H,17,20)(H,18,19). The number of carbonyl (C=O) groups is 1. The zero-order chi connectivity index (χ0) is 15.4. The van der Waals surface area contributed by atoms with E-state index in [2.05, 4.69) is 15.5 Å². The molecule has 0 radical (unpaired) electrons. The van der Waals surface area contributed by atoms with E-state index in [9.17, 15) is 4.79 Å². The van der Waals surface area contributed by atoms with Gasteiger partial charge in [-0.25, -0.2) is 0 Å². The molecule has 0 aliphatic heterocycles. The van der Waals surface area contributed by atoms with Gasteiger partial charge in [0.05, 0.1) is 18.0 Å². The molecule has 0 saturated carbocycles. The van der Waals surface area contributed by atoms with E-state index in [0.717, 1.165) is 11.4 Å². The van der Waals surface area contributed by atoms with E-state index < -0.39 is 0 Å². The maximum absolute atomic E-state index is 12.2. The minimum absolute atomic E-state index is 0.185. The molecule has 0 atom stereocenters. The van der Waals surface area contributed by atoms with Gasteiger partial charge < -0.3 is 15.8 Å². The molecule has 4 N–H and O–H groups in total. The van der Waals surface area contributed by atoms with Crippen LogP contribution in [0.15, 0.2) is 24.3 Å². The van der Waals surface area contributed by atoms with E-state index >= 15 is 0 Å². The molecule has 1 heterocycles. The highest BCUT2D eigenvalue weighted by molar-refractivity contribution is 6.06. The summed E-state index contributed by atoms with van der Waals surface area (Å²) < 4.78 is 5.35. The van der Waals surface area contributed by atoms with Gasteiger partial charge in [-0.15, -0.1) is 0 Å². The van der Waals surface area contributed by atoms with Crippen molar-refractivity contribution in [1.29, 1.82) is 0 Å². The maximum Gasteiger partial charge on any atom is 0.278 e. The van der Waals surface area contributed by atoms with Crippen LogP contribution in [0.5, 0.6) is 5.75 Å². The number of H-pyrrole nitrogens is 1. The third-order valence-corrected chi connectivity index (χ3v) is 3.05. The Balaban J connectivity index is 2.11. The zero-order valence-corrected chi connectivity index (χ0v) is 12.4. The number of nitrogens with zero attached hydrogens (tertiary/aromatic N) is 1. The highest BCUT2D eigenvalue weighted by Crippen LogP contribution is 2.23. The van der Waals surface area contributed by atoms with Crippen molar-refractivity contribution in [3.63, 3.8) is 0 Å². The lowest BCUT2D eigenvalue weighted by atomic mass is 10.1. The van der Waals surface area contributed by atoms with Crippen molar-refractivity contribution in [3.05, 3.63) is 35.7 Å². The van der Waals surface area contributed by atoms with Crippen molar-refractivity contribution in [2.24, 2.45) is 0 Å². The van der Waals surface area contributed by atoms with Gasteiger partial charge in [0.1, 0.15) is 5.75 Å². The van der Waals surface area contributed by atoms with E-state index in [1.54, 1.807) is 24.3 Å². The number of rotatable bonds is 5. The number of carbonyl (C=O) groups excluding carboxylic acids is 1. The predicted molar refractivity (Wildman–Crippen MR) is 82.7 cm³/mol. The van der Waals surface area contributed by atoms with Crippen LogP contribution in [0, 0.1) is 0 Å². The Morgan fingerprint density at radius 2 is 2.05 bits per heavy atom. The maximum atomic E-state index is 12.2. The largest absolute Gasteiger partial charge is 0.494 e. The van der Waals surface area contributed by atoms with Crippen LogP contribution < -0.4 is 15.8 Å². The summed E-state index contributed by atoms with van der Waals surface area (Å²) in [6, 6.07) is 7.14. The highest BCUT2D eigenvalue weighted by Gasteiger charge is 2.18. The van der Waals surface area contributed by atoms with Crippen LogP contribution >= 0.6 is 0 Å². The Morgan fingerprint density at radius 3 is 2.57 bits per heavy atom. The molecule has 0 fully saturated rings. The number of aromatic nitrogens is 2. The van der Waals surface area contributed by atoms with Crippen LogP contribution in [0.2, 0.25) is 0 Å². The zero-order valence-electron chi connectivity index (χ0n) is 12.4. The SMILES string of the molecule is CCOc1ccc(NC(=O)c2n[nH]c(C(C)C)c2N)cc1. The molecule has 0 aliphatic rings. The minimum Gasteiger partial charge on any atom is -0.494 e. The molecule has 6 nitrogen and oxygen atoms in total. The van der Waals surface area contributed by atoms with E-state index in [4.69, 9.17) is 10.5 Å². The molecule has 21 heavy (non-hydrogen) atoms. The first-order valence-electron chi connectivity index (χ1n) is 6.90. The summed E-state index contributed by atoms with van der Waals surface area (Å²) in [5, 5.41) is 9.57. The third kappa shape index (κ3) is 3.34. The van der Waals surface area contributed by atoms with Gasteiger partial charge in [0.15, 0.2) is 5.69 Å². The molecule has 2 rings (SSSR count). The first kappa shape index (κ1) is 14.9. The minimum atomic E-state index is -0.334. The van der Waals surface area contributed by atoms with Crippen molar-refractivity contribution >= 4 is 17.3 Å². The molecular formula is C15H20N4O2. The van der Waals surface area contributed by atoms with Gasteiger partial charge in [0, 0.05) is 5.69 Å². The molecule has 1 aromatic heterocycles. The number of nitrogens with two attached hydrogens (primary N) is 1. The number of nitrogen functional groups attached to an aromatic ring is 1. The van der Waals surface area contributed by atoms with Gasteiger partial charge in [0.25, 0.3) is 5.91 Å². The summed E-state index contributed by atoms with van der Waals surface area (Å²) in [7, 11) is 0. The number of aromatic amines is 1. The van der Waals surface area contributed by atoms with Crippen LogP contribution in [0.25, 0.3) is 0 Å². The van der Waals surface area contributed by atoms with Gasteiger partial charge in [-0.1, -0.05) is 13.8 Å².